The number of esters is 1. The van der Waals surface area contributed by atoms with Crippen LogP contribution in [0.25, 0.3) is 0 Å². The number of allylic oxidation sites excluding steroid dienone is 3. The molecule has 1 atom stereocenters. The quantitative estimate of drug-likeness (QED) is 0.235. The Morgan fingerprint density at radius 3 is 2.34 bits per heavy atom. The Balaban J connectivity index is 2.45. The predicted molar refractivity (Wildman–Crippen MR) is 125 cm³/mol. The summed E-state index contributed by atoms with van der Waals surface area (Å²) in [6, 6.07) is 1.88. The highest BCUT2D eigenvalue weighted by Crippen LogP contribution is 2.52. The van der Waals surface area contributed by atoms with Crippen molar-refractivity contribution in [3.63, 3.8) is 0 Å². The minimum atomic E-state index is -0.621. The zero-order valence-corrected chi connectivity index (χ0v) is 21.7. The van der Waals surface area contributed by atoms with Crippen LogP contribution in [0.15, 0.2) is 43.9 Å². The van der Waals surface area contributed by atoms with E-state index in [1.807, 2.05) is 59.1 Å². The van der Waals surface area contributed by atoms with E-state index in [4.69, 9.17) is 9.47 Å². The molecule has 0 aliphatic heterocycles. The predicted octanol–water partition coefficient (Wildman–Crippen LogP) is 6.70. The van der Waals surface area contributed by atoms with Crippen molar-refractivity contribution in [2.24, 2.45) is 11.3 Å². The molecule has 1 aliphatic carbocycles. The number of hydrogen-bond acceptors (Lipinski definition) is 5. The molecule has 2 rings (SSSR count). The molecule has 0 N–H and O–H groups in total. The summed E-state index contributed by atoms with van der Waals surface area (Å²) in [6.45, 7) is 11.4. The van der Waals surface area contributed by atoms with E-state index >= 15 is 0 Å². The highest BCUT2D eigenvalue weighted by atomic mass is 79.9. The topological polar surface area (TPSA) is 52.6 Å². The van der Waals surface area contributed by atoms with Gasteiger partial charge < -0.3 is 9.47 Å². The van der Waals surface area contributed by atoms with Crippen LogP contribution in [0.5, 0.6) is 0 Å². The van der Waals surface area contributed by atoms with Gasteiger partial charge in [0.25, 0.3) is 0 Å². The molecule has 0 bridgehead atoms. The highest BCUT2D eigenvalue weighted by Gasteiger charge is 2.44. The van der Waals surface area contributed by atoms with Gasteiger partial charge in [0.05, 0.1) is 22.0 Å². The minimum absolute atomic E-state index is 0.0523. The molecule has 1 aromatic rings. The smallest absolute Gasteiger partial charge is 0.340 e. The summed E-state index contributed by atoms with van der Waals surface area (Å²) in [6.07, 6.45) is 3.42. The second kappa shape index (κ2) is 8.90. The van der Waals surface area contributed by atoms with E-state index in [0.29, 0.717) is 25.2 Å². The van der Waals surface area contributed by atoms with Gasteiger partial charge in [0, 0.05) is 15.8 Å². The number of ether oxygens (including phenoxy) is 2. The molecule has 1 unspecified atom stereocenters. The van der Waals surface area contributed by atoms with Crippen LogP contribution in [0.2, 0.25) is 0 Å². The average Bonchev–Trinajstić information content (AvgIpc) is 3.02. The molecule has 1 aromatic heterocycles. The minimum Gasteiger partial charge on any atom is -0.499 e. The molecular weight excluding hydrogens is 520 g/mol. The Kier molecular flexibility index (Phi) is 7.39. The third-order valence-corrected chi connectivity index (χ3v) is 7.79. The number of hydrogen-bond donors (Lipinski definition) is 0. The summed E-state index contributed by atoms with van der Waals surface area (Å²) in [7, 11) is 1.56. The summed E-state index contributed by atoms with van der Waals surface area (Å²) in [4.78, 5) is 26.1. The van der Waals surface area contributed by atoms with Crippen LogP contribution in [0, 0.1) is 18.3 Å². The third kappa shape index (κ3) is 5.30. The van der Waals surface area contributed by atoms with E-state index in [-0.39, 0.29) is 11.7 Å². The maximum atomic E-state index is 12.8. The van der Waals surface area contributed by atoms with Crippen LogP contribution in [0.4, 0.5) is 0 Å². The molecule has 1 aliphatic rings. The number of ketones is 1. The first kappa shape index (κ1) is 24.1. The Morgan fingerprint density at radius 2 is 1.86 bits per heavy atom. The Bertz CT molecular complexity index is 913. The van der Waals surface area contributed by atoms with E-state index in [0.717, 1.165) is 5.56 Å². The van der Waals surface area contributed by atoms with E-state index in [2.05, 4.69) is 31.9 Å². The molecular formula is C22H26Br2O4S. The second-order valence-corrected chi connectivity index (χ2v) is 11.0. The summed E-state index contributed by atoms with van der Waals surface area (Å²) in [5, 5.41) is 1.95. The number of carbonyl (C=O) groups excluding carboxylic acids is 2. The first-order valence-electron chi connectivity index (χ1n) is 9.15. The van der Waals surface area contributed by atoms with Crippen LogP contribution in [0.1, 0.15) is 49.9 Å². The normalized spacial score (nSPS) is 19.7. The van der Waals surface area contributed by atoms with Gasteiger partial charge in [-0.25, -0.2) is 4.79 Å². The van der Waals surface area contributed by atoms with Gasteiger partial charge in [-0.1, -0.05) is 35.9 Å². The number of aryl methyl sites for hydroxylation is 1. The highest BCUT2D eigenvalue weighted by molar-refractivity contribution is 9.12. The number of halogens is 2. The van der Waals surface area contributed by atoms with Gasteiger partial charge in [0.1, 0.15) is 11.4 Å². The monoisotopic (exact) mass is 544 g/mol. The fraction of sp³-hybridized carbons (Fsp3) is 0.455. The van der Waals surface area contributed by atoms with E-state index < -0.39 is 17.0 Å². The van der Waals surface area contributed by atoms with Gasteiger partial charge >= 0.3 is 5.97 Å². The fourth-order valence-electron chi connectivity index (χ4n) is 3.02. The van der Waals surface area contributed by atoms with Crippen molar-refractivity contribution < 1.29 is 19.1 Å². The maximum Gasteiger partial charge on any atom is 0.340 e. The third-order valence-electron chi connectivity index (χ3n) is 4.52. The van der Waals surface area contributed by atoms with Gasteiger partial charge in [-0.3, -0.25) is 4.79 Å². The Labute approximate surface area is 193 Å². The number of methoxy groups -OCH3 is 1. The average molecular weight is 546 g/mol. The van der Waals surface area contributed by atoms with Crippen molar-refractivity contribution in [3.05, 3.63) is 54.3 Å². The molecule has 7 heteroatoms. The lowest BCUT2D eigenvalue weighted by atomic mass is 9.72. The summed E-state index contributed by atoms with van der Waals surface area (Å²) < 4.78 is 12.5. The lowest BCUT2D eigenvalue weighted by molar-refractivity contribution is -0.149. The largest absolute Gasteiger partial charge is 0.499 e. The standard InChI is InChI=1S/C22H26Br2O4S/c1-12-10-15(29-11-12)14(25)9-8-13-18(27-7)17(23)16(19(24)22(13,5)6)20(26)28-21(2,3)4/h8-11,13H,1-7H3. The van der Waals surface area contributed by atoms with Crippen molar-refractivity contribution in [1.29, 1.82) is 0 Å². The summed E-state index contributed by atoms with van der Waals surface area (Å²) in [5.74, 6) is -0.173. The van der Waals surface area contributed by atoms with Crippen LogP contribution < -0.4 is 0 Å². The van der Waals surface area contributed by atoms with Crippen molar-refractivity contribution in [1.82, 2.24) is 0 Å². The fourth-order valence-corrected chi connectivity index (χ4v) is 5.48. The molecule has 4 nitrogen and oxygen atoms in total. The molecule has 158 valence electrons. The molecule has 0 saturated heterocycles. The van der Waals surface area contributed by atoms with Gasteiger partial charge in [-0.05, 0) is 66.7 Å². The molecule has 0 spiro atoms. The number of rotatable bonds is 5. The zero-order valence-electron chi connectivity index (χ0n) is 17.7. The SMILES string of the molecule is COC1=C(Br)C(C(=O)OC(C)(C)C)=C(Br)C(C)(C)C1C=CC(=O)c1cc(C)cs1. The second-order valence-electron chi connectivity index (χ2n) is 8.48. The molecule has 29 heavy (non-hydrogen) atoms. The molecule has 0 amide bonds. The van der Waals surface area contributed by atoms with Crippen molar-refractivity contribution >= 4 is 54.9 Å². The van der Waals surface area contributed by atoms with E-state index in [9.17, 15) is 9.59 Å². The van der Waals surface area contributed by atoms with Gasteiger partial charge in [0.15, 0.2) is 5.78 Å². The molecule has 0 aromatic carbocycles. The number of thiophene rings is 1. The van der Waals surface area contributed by atoms with Crippen molar-refractivity contribution in [2.45, 2.75) is 47.1 Å². The Morgan fingerprint density at radius 1 is 1.24 bits per heavy atom. The van der Waals surface area contributed by atoms with Crippen molar-refractivity contribution in [3.8, 4) is 0 Å². The van der Waals surface area contributed by atoms with Gasteiger partial charge in [-0.2, -0.15) is 0 Å². The van der Waals surface area contributed by atoms with Crippen LogP contribution in [0.3, 0.4) is 0 Å². The van der Waals surface area contributed by atoms with E-state index in [1.54, 1.807) is 13.2 Å². The Hall–Kier alpha value is -1.18. The lowest BCUT2D eigenvalue weighted by Gasteiger charge is -2.39. The van der Waals surface area contributed by atoms with Crippen LogP contribution in [-0.2, 0) is 14.3 Å². The van der Waals surface area contributed by atoms with Gasteiger partial charge in [0.2, 0.25) is 0 Å². The van der Waals surface area contributed by atoms with Gasteiger partial charge in [-0.15, -0.1) is 11.3 Å². The van der Waals surface area contributed by atoms with E-state index in [1.165, 1.54) is 11.3 Å². The zero-order chi connectivity index (χ0) is 22.1. The number of carbonyl (C=O) groups is 2. The molecule has 0 radical (unpaired) electrons. The first-order valence-corrected chi connectivity index (χ1v) is 11.6. The molecule has 0 fully saturated rings. The summed E-state index contributed by atoms with van der Waals surface area (Å²) >= 11 is 8.57. The van der Waals surface area contributed by atoms with Crippen LogP contribution in [-0.4, -0.2) is 24.5 Å². The first-order chi connectivity index (χ1) is 13.3. The van der Waals surface area contributed by atoms with Crippen LogP contribution >= 0.6 is 43.2 Å². The van der Waals surface area contributed by atoms with Crippen molar-refractivity contribution in [2.75, 3.05) is 7.11 Å². The molecule has 0 saturated carbocycles. The lowest BCUT2D eigenvalue weighted by Crippen LogP contribution is -2.34. The maximum absolute atomic E-state index is 12.8. The summed E-state index contributed by atoms with van der Waals surface area (Å²) in [5.41, 5.74) is 0.311. The molecule has 1 heterocycles.